The van der Waals surface area contributed by atoms with Crippen molar-refractivity contribution in [2.45, 2.75) is 17.4 Å². The standard InChI is InChI=1S/C4H9NOS2/c5-3(6)1-2-4(7)8/h4,7-8H,1-2H2,(H2,5,6). The van der Waals surface area contributed by atoms with Gasteiger partial charge in [-0.1, -0.05) is 0 Å². The van der Waals surface area contributed by atoms with Gasteiger partial charge in [-0.2, -0.15) is 25.3 Å². The Morgan fingerprint density at radius 1 is 1.62 bits per heavy atom. The molecule has 0 aromatic carbocycles. The van der Waals surface area contributed by atoms with E-state index in [0.717, 1.165) is 0 Å². The van der Waals surface area contributed by atoms with E-state index in [1.165, 1.54) is 0 Å². The highest BCUT2D eigenvalue weighted by Gasteiger charge is 1.97. The van der Waals surface area contributed by atoms with Gasteiger partial charge in [-0.05, 0) is 6.42 Å². The molecule has 8 heavy (non-hydrogen) atoms. The van der Waals surface area contributed by atoms with Crippen LogP contribution in [0.1, 0.15) is 12.8 Å². The number of carbonyl (C=O) groups is 1. The lowest BCUT2D eigenvalue weighted by molar-refractivity contribution is -0.118. The Morgan fingerprint density at radius 2 is 2.12 bits per heavy atom. The number of hydrogen-bond donors (Lipinski definition) is 3. The van der Waals surface area contributed by atoms with Gasteiger partial charge in [0.1, 0.15) is 0 Å². The van der Waals surface area contributed by atoms with Crippen LogP contribution < -0.4 is 5.73 Å². The van der Waals surface area contributed by atoms with Gasteiger partial charge in [-0.25, -0.2) is 0 Å². The number of thiol groups is 2. The summed E-state index contributed by atoms with van der Waals surface area (Å²) >= 11 is 7.86. The largest absolute Gasteiger partial charge is 0.370 e. The normalized spacial score (nSPS) is 9.88. The zero-order valence-electron chi connectivity index (χ0n) is 4.37. The summed E-state index contributed by atoms with van der Waals surface area (Å²) in [4.78, 5) is 10.1. The molecular weight excluding hydrogens is 142 g/mol. The van der Waals surface area contributed by atoms with E-state index in [-0.39, 0.29) is 10.5 Å². The average molecular weight is 151 g/mol. The van der Waals surface area contributed by atoms with Crippen LogP contribution in [0.25, 0.3) is 0 Å². The third-order valence-electron chi connectivity index (χ3n) is 0.649. The van der Waals surface area contributed by atoms with Crippen LogP contribution in [-0.4, -0.2) is 10.5 Å². The van der Waals surface area contributed by atoms with Crippen molar-refractivity contribution in [1.82, 2.24) is 0 Å². The highest BCUT2D eigenvalue weighted by molar-refractivity contribution is 7.99. The Hall–Kier alpha value is 0.170. The summed E-state index contributed by atoms with van der Waals surface area (Å²) in [5.74, 6) is -0.293. The number of amides is 1. The molecule has 0 aliphatic carbocycles. The van der Waals surface area contributed by atoms with Gasteiger partial charge in [0.15, 0.2) is 0 Å². The number of carbonyl (C=O) groups excluding carboxylic acids is 1. The van der Waals surface area contributed by atoms with Crippen LogP contribution in [0, 0.1) is 0 Å². The van der Waals surface area contributed by atoms with Crippen LogP contribution >= 0.6 is 25.3 Å². The minimum absolute atomic E-state index is 0.0255. The van der Waals surface area contributed by atoms with E-state index in [9.17, 15) is 4.79 Å². The molecule has 0 aliphatic heterocycles. The number of primary amides is 1. The molecule has 0 unspecified atom stereocenters. The second kappa shape index (κ2) is 4.09. The summed E-state index contributed by atoms with van der Waals surface area (Å²) in [7, 11) is 0. The molecule has 0 bridgehead atoms. The van der Waals surface area contributed by atoms with Crippen molar-refractivity contribution in [1.29, 1.82) is 0 Å². The summed E-state index contributed by atoms with van der Waals surface area (Å²) in [5.41, 5.74) is 4.83. The van der Waals surface area contributed by atoms with E-state index >= 15 is 0 Å². The lowest BCUT2D eigenvalue weighted by Crippen LogP contribution is -2.10. The maximum Gasteiger partial charge on any atom is 0.217 e. The zero-order valence-corrected chi connectivity index (χ0v) is 6.16. The minimum atomic E-state index is -0.293. The maximum atomic E-state index is 10.1. The molecule has 0 saturated carbocycles. The molecule has 0 radical (unpaired) electrons. The fourth-order valence-electron chi connectivity index (χ4n) is 0.271. The predicted molar refractivity (Wildman–Crippen MR) is 40.2 cm³/mol. The maximum absolute atomic E-state index is 10.1. The fraction of sp³-hybridized carbons (Fsp3) is 0.750. The van der Waals surface area contributed by atoms with Crippen molar-refractivity contribution in [2.75, 3.05) is 0 Å². The molecule has 1 amide bonds. The molecule has 0 spiro atoms. The molecule has 0 aromatic heterocycles. The van der Waals surface area contributed by atoms with Crippen LogP contribution in [-0.2, 0) is 4.79 Å². The van der Waals surface area contributed by atoms with Crippen LogP contribution in [0.4, 0.5) is 0 Å². The highest BCUT2D eigenvalue weighted by Crippen LogP contribution is 2.06. The van der Waals surface area contributed by atoms with Gasteiger partial charge >= 0.3 is 0 Å². The third kappa shape index (κ3) is 6.17. The molecule has 2 N–H and O–H groups in total. The molecule has 0 saturated heterocycles. The van der Waals surface area contributed by atoms with Gasteiger partial charge in [-0.3, -0.25) is 4.79 Å². The van der Waals surface area contributed by atoms with E-state index in [1.807, 2.05) is 0 Å². The van der Waals surface area contributed by atoms with Gasteiger partial charge in [-0.15, -0.1) is 0 Å². The van der Waals surface area contributed by atoms with Crippen molar-refractivity contribution in [3.8, 4) is 0 Å². The van der Waals surface area contributed by atoms with Crippen LogP contribution in [0.5, 0.6) is 0 Å². The fourth-order valence-corrected chi connectivity index (χ4v) is 0.530. The minimum Gasteiger partial charge on any atom is -0.370 e. The Balaban J connectivity index is 3.05. The van der Waals surface area contributed by atoms with Crippen molar-refractivity contribution >= 4 is 31.2 Å². The number of rotatable bonds is 3. The van der Waals surface area contributed by atoms with Gasteiger partial charge in [0.2, 0.25) is 5.91 Å². The molecule has 0 aliphatic rings. The van der Waals surface area contributed by atoms with E-state index in [1.54, 1.807) is 0 Å². The SMILES string of the molecule is NC(=O)CCC(S)S. The van der Waals surface area contributed by atoms with Crippen molar-refractivity contribution in [3.63, 3.8) is 0 Å². The summed E-state index contributed by atoms with van der Waals surface area (Å²) in [6.45, 7) is 0. The molecule has 0 fully saturated rings. The van der Waals surface area contributed by atoms with Crippen LogP contribution in [0.3, 0.4) is 0 Å². The van der Waals surface area contributed by atoms with Crippen molar-refractivity contribution in [2.24, 2.45) is 5.73 Å². The van der Waals surface area contributed by atoms with Gasteiger partial charge in [0.05, 0.1) is 0 Å². The molecule has 0 aromatic rings. The van der Waals surface area contributed by atoms with Gasteiger partial charge in [0, 0.05) is 11.0 Å². The first-order valence-electron chi connectivity index (χ1n) is 2.27. The molecule has 4 heteroatoms. The topological polar surface area (TPSA) is 43.1 Å². The van der Waals surface area contributed by atoms with Crippen molar-refractivity contribution in [3.05, 3.63) is 0 Å². The van der Waals surface area contributed by atoms with E-state index in [0.29, 0.717) is 12.8 Å². The summed E-state index contributed by atoms with van der Waals surface area (Å²) in [6.07, 6.45) is 1.01. The van der Waals surface area contributed by atoms with E-state index in [2.05, 4.69) is 25.3 Å². The first-order valence-corrected chi connectivity index (χ1v) is 3.30. The summed E-state index contributed by atoms with van der Waals surface area (Å²) < 4.78 is -0.0255. The monoisotopic (exact) mass is 151 g/mol. The average Bonchev–Trinajstić information content (AvgIpc) is 1.61. The molecule has 48 valence electrons. The molecular formula is C4H9NOS2. The Kier molecular flexibility index (Phi) is 4.18. The predicted octanol–water partition coefficient (Wildman–Crippen LogP) is 0.438. The quantitative estimate of drug-likeness (QED) is 0.397. The first-order chi connectivity index (χ1) is 3.63. The van der Waals surface area contributed by atoms with Crippen molar-refractivity contribution < 1.29 is 4.79 Å². The van der Waals surface area contributed by atoms with Gasteiger partial charge in [0.25, 0.3) is 0 Å². The highest BCUT2D eigenvalue weighted by atomic mass is 32.2. The van der Waals surface area contributed by atoms with E-state index < -0.39 is 0 Å². The lowest BCUT2D eigenvalue weighted by atomic mass is 10.3. The molecule has 2 nitrogen and oxygen atoms in total. The van der Waals surface area contributed by atoms with Gasteiger partial charge < -0.3 is 5.73 Å². The molecule has 0 rings (SSSR count). The zero-order chi connectivity index (χ0) is 6.57. The van der Waals surface area contributed by atoms with Crippen LogP contribution in [0.15, 0.2) is 0 Å². The number of nitrogens with two attached hydrogens (primary N) is 1. The third-order valence-corrected chi connectivity index (χ3v) is 1.17. The van der Waals surface area contributed by atoms with E-state index in [4.69, 9.17) is 5.73 Å². The second-order valence-electron chi connectivity index (χ2n) is 1.49. The Labute approximate surface area is 59.6 Å². The Bertz CT molecular complexity index is 84.1. The summed E-state index contributed by atoms with van der Waals surface area (Å²) in [6, 6.07) is 0. The molecule has 0 heterocycles. The Morgan fingerprint density at radius 3 is 2.25 bits per heavy atom. The molecule has 0 atom stereocenters. The lowest BCUT2D eigenvalue weighted by Gasteiger charge is -1.97. The van der Waals surface area contributed by atoms with Crippen LogP contribution in [0.2, 0.25) is 0 Å². The summed E-state index contributed by atoms with van der Waals surface area (Å²) in [5, 5.41) is 0. The second-order valence-corrected chi connectivity index (χ2v) is 3.14. The smallest absolute Gasteiger partial charge is 0.217 e. The first kappa shape index (κ1) is 8.17. The number of hydrogen-bond acceptors (Lipinski definition) is 3.